The Labute approximate surface area is 349 Å². The Kier molecular flexibility index (Phi) is 13.2. The smallest absolute Gasteiger partial charge is 0.346 e. The number of aliphatic carboxylic acids is 4. The Morgan fingerprint density at radius 3 is 0.934 bits per heavy atom. The number of anilines is 6. The topological polar surface area (TPSA) is 251 Å². The zero-order chi connectivity index (χ0) is 44.3. The van der Waals surface area contributed by atoms with Crippen LogP contribution in [0.3, 0.4) is 0 Å². The third-order valence-corrected chi connectivity index (χ3v) is 9.28. The number of nitriles is 4. The van der Waals surface area contributed by atoms with E-state index in [-0.39, 0.29) is 6.42 Å². The Balaban J connectivity index is 1.61. The van der Waals surface area contributed by atoms with Gasteiger partial charge in [0.15, 0.2) is 5.41 Å². The van der Waals surface area contributed by atoms with Crippen LogP contribution in [-0.4, -0.2) is 44.3 Å². The zero-order valence-corrected chi connectivity index (χ0v) is 32.1. The average molecular weight is 809 g/mol. The third kappa shape index (κ3) is 10.2. The summed E-state index contributed by atoms with van der Waals surface area (Å²) < 4.78 is 0. The molecule has 4 N–H and O–H groups in total. The van der Waals surface area contributed by atoms with Gasteiger partial charge in [0.1, 0.15) is 34.9 Å². The Bertz CT molecular complexity index is 2680. The molecule has 0 saturated carbocycles. The summed E-state index contributed by atoms with van der Waals surface area (Å²) >= 11 is 0. The minimum atomic E-state index is -1.64. The van der Waals surface area contributed by atoms with Crippen molar-refractivity contribution < 1.29 is 39.6 Å². The van der Waals surface area contributed by atoms with Crippen LogP contribution in [0, 0.1) is 50.7 Å². The van der Waals surface area contributed by atoms with E-state index in [1.807, 2.05) is 40.1 Å². The van der Waals surface area contributed by atoms with Gasteiger partial charge in [-0.15, -0.1) is 0 Å². The van der Waals surface area contributed by atoms with E-state index < -0.39 is 46.0 Å². The standard InChI is InChI=1S/C47H32N6O8/c1-47(29-51,46(60)61)25-33-8-16-40(17-9-33)53(39-14-6-32(7-15-39)24-36(28-50)45(58)59)42-20-18-41(19-21-42)52(37-10-2-30(3-11-37)22-34(26-48)43(54)55)38-12-4-31(5-13-38)23-35(27-49)44(56)57/h2-24H,25H2,1H3,(H,54,55)(H,56,57)(H,58,59)(H,60,61)/b34-22-,35-23+,36-24-. The van der Waals surface area contributed by atoms with Gasteiger partial charge < -0.3 is 30.2 Å². The van der Waals surface area contributed by atoms with Gasteiger partial charge in [-0.3, -0.25) is 4.79 Å². The van der Waals surface area contributed by atoms with Gasteiger partial charge in [-0.2, -0.15) is 21.0 Å². The van der Waals surface area contributed by atoms with Gasteiger partial charge in [0.2, 0.25) is 0 Å². The molecule has 298 valence electrons. The van der Waals surface area contributed by atoms with E-state index in [0.29, 0.717) is 56.4 Å². The maximum Gasteiger partial charge on any atom is 0.346 e. The molecule has 0 aliphatic carbocycles. The summed E-state index contributed by atoms with van der Waals surface area (Å²) in [6.07, 6.45) is 3.70. The van der Waals surface area contributed by atoms with Crippen LogP contribution < -0.4 is 9.80 Å². The zero-order valence-electron chi connectivity index (χ0n) is 32.1. The van der Waals surface area contributed by atoms with Crippen molar-refractivity contribution in [2.45, 2.75) is 13.3 Å². The predicted octanol–water partition coefficient (Wildman–Crippen LogP) is 8.76. The highest BCUT2D eigenvalue weighted by molar-refractivity contribution is 5.98. The largest absolute Gasteiger partial charge is 0.480 e. The minimum absolute atomic E-state index is 0.0396. The normalized spacial score (nSPS) is 12.3. The molecular weight excluding hydrogens is 777 g/mol. The van der Waals surface area contributed by atoms with Crippen LogP contribution in [0.25, 0.3) is 18.2 Å². The van der Waals surface area contributed by atoms with Crippen LogP contribution >= 0.6 is 0 Å². The van der Waals surface area contributed by atoms with Crippen molar-refractivity contribution in [1.29, 1.82) is 21.0 Å². The molecule has 1 atom stereocenters. The SMILES string of the molecule is CC(C#N)(Cc1ccc(N(c2ccc(/C=C(/C#N)C(=O)O)cc2)c2ccc(N(c3ccc(/C=C(/C#N)C(=O)O)cc3)c3ccc(/C=C(\C#N)C(=O)O)cc3)cc2)cc1)C(=O)O. The van der Waals surface area contributed by atoms with Crippen molar-refractivity contribution in [3.63, 3.8) is 0 Å². The number of hydrogen-bond donors (Lipinski definition) is 4. The van der Waals surface area contributed by atoms with Crippen LogP contribution in [0.1, 0.15) is 29.2 Å². The van der Waals surface area contributed by atoms with Gasteiger partial charge in [-0.05, 0) is 120 Å². The van der Waals surface area contributed by atoms with E-state index in [1.54, 1.807) is 115 Å². The fraction of sp³-hybridized carbons (Fsp3) is 0.0638. The highest BCUT2D eigenvalue weighted by atomic mass is 16.4. The van der Waals surface area contributed by atoms with Crippen LogP contribution in [0.15, 0.2) is 138 Å². The third-order valence-electron chi connectivity index (χ3n) is 9.28. The molecule has 1 unspecified atom stereocenters. The second-order valence-corrected chi connectivity index (χ2v) is 13.5. The molecule has 5 rings (SSSR count). The lowest BCUT2D eigenvalue weighted by Gasteiger charge is -2.28. The van der Waals surface area contributed by atoms with Crippen molar-refractivity contribution in [3.8, 4) is 24.3 Å². The molecular formula is C47H32N6O8. The molecule has 0 amide bonds. The molecule has 5 aromatic carbocycles. The van der Waals surface area contributed by atoms with Gasteiger partial charge in [0.25, 0.3) is 0 Å². The first-order chi connectivity index (χ1) is 29.2. The molecule has 14 nitrogen and oxygen atoms in total. The molecule has 0 aromatic heterocycles. The first kappa shape index (κ1) is 42.9. The van der Waals surface area contributed by atoms with Crippen molar-refractivity contribution in [1.82, 2.24) is 0 Å². The first-order valence-electron chi connectivity index (χ1n) is 18.0. The molecule has 5 aromatic rings. The highest BCUT2D eigenvalue weighted by Gasteiger charge is 2.33. The van der Waals surface area contributed by atoms with Gasteiger partial charge in [0.05, 0.1) is 6.07 Å². The second-order valence-electron chi connectivity index (χ2n) is 13.5. The van der Waals surface area contributed by atoms with E-state index >= 15 is 0 Å². The summed E-state index contributed by atoms with van der Waals surface area (Å²) in [6.45, 7) is 1.35. The monoisotopic (exact) mass is 808 g/mol. The van der Waals surface area contributed by atoms with Gasteiger partial charge >= 0.3 is 23.9 Å². The number of hydrogen-bond acceptors (Lipinski definition) is 10. The lowest BCUT2D eigenvalue weighted by molar-refractivity contribution is -0.144. The number of carboxylic acids is 4. The van der Waals surface area contributed by atoms with Gasteiger partial charge in [-0.25, -0.2) is 14.4 Å². The number of rotatable bonds is 15. The summed E-state index contributed by atoms with van der Waals surface area (Å²) in [7, 11) is 0. The maximum atomic E-state index is 11.8. The van der Waals surface area contributed by atoms with E-state index in [2.05, 4.69) is 0 Å². The lowest BCUT2D eigenvalue weighted by atomic mass is 9.85. The Morgan fingerprint density at radius 2 is 0.721 bits per heavy atom. The molecule has 0 aliphatic rings. The predicted molar refractivity (Wildman–Crippen MR) is 225 cm³/mol. The van der Waals surface area contributed by atoms with Crippen molar-refractivity contribution >= 4 is 76.2 Å². The highest BCUT2D eigenvalue weighted by Crippen LogP contribution is 2.40. The second kappa shape index (κ2) is 18.8. The fourth-order valence-corrected chi connectivity index (χ4v) is 6.06. The van der Waals surface area contributed by atoms with E-state index in [1.165, 1.54) is 25.2 Å². The van der Waals surface area contributed by atoms with Crippen molar-refractivity contribution in [3.05, 3.63) is 160 Å². The van der Waals surface area contributed by atoms with E-state index in [0.717, 1.165) is 0 Å². The average Bonchev–Trinajstić information content (AvgIpc) is 3.26. The van der Waals surface area contributed by atoms with Crippen molar-refractivity contribution in [2.75, 3.05) is 9.80 Å². The number of carbonyl (C=O) groups is 4. The van der Waals surface area contributed by atoms with Crippen LogP contribution in [0.4, 0.5) is 34.1 Å². The number of carboxylic acid groups (broad SMARTS) is 4. The van der Waals surface area contributed by atoms with Gasteiger partial charge in [0, 0.05) is 40.5 Å². The molecule has 0 bridgehead atoms. The molecule has 61 heavy (non-hydrogen) atoms. The molecule has 0 fully saturated rings. The summed E-state index contributed by atoms with van der Waals surface area (Å²) in [5.74, 6) is -5.34. The Hall–Kier alpha value is -9.24. The summed E-state index contributed by atoms with van der Waals surface area (Å²) in [6, 6.07) is 41.5. The van der Waals surface area contributed by atoms with Gasteiger partial charge in [-0.1, -0.05) is 48.5 Å². The molecule has 0 spiro atoms. The number of nitrogens with zero attached hydrogens (tertiary/aromatic N) is 6. The molecule has 0 saturated heterocycles. The summed E-state index contributed by atoms with van der Waals surface area (Å²) in [5, 5.41) is 75.0. The number of benzene rings is 5. The minimum Gasteiger partial charge on any atom is -0.480 e. The molecule has 0 aliphatic heterocycles. The lowest BCUT2D eigenvalue weighted by Crippen LogP contribution is -2.28. The van der Waals surface area contributed by atoms with E-state index in [4.69, 9.17) is 0 Å². The van der Waals surface area contributed by atoms with Crippen LogP contribution in [0.2, 0.25) is 0 Å². The summed E-state index contributed by atoms with van der Waals surface area (Å²) in [4.78, 5) is 50.0. The van der Waals surface area contributed by atoms with Crippen LogP contribution in [0.5, 0.6) is 0 Å². The molecule has 0 radical (unpaired) electrons. The van der Waals surface area contributed by atoms with E-state index in [9.17, 15) is 60.7 Å². The van der Waals surface area contributed by atoms with Crippen LogP contribution in [-0.2, 0) is 25.6 Å². The quantitative estimate of drug-likeness (QED) is 0.0570. The first-order valence-corrected chi connectivity index (χ1v) is 18.0. The molecule has 14 heteroatoms. The summed E-state index contributed by atoms with van der Waals surface area (Å²) in [5.41, 5.74) is 2.89. The van der Waals surface area contributed by atoms with Crippen molar-refractivity contribution in [2.24, 2.45) is 5.41 Å². The molecule has 0 heterocycles. The maximum absolute atomic E-state index is 11.8. The Morgan fingerprint density at radius 1 is 0.475 bits per heavy atom. The fourth-order valence-electron chi connectivity index (χ4n) is 6.06.